The van der Waals surface area contributed by atoms with Gasteiger partial charge in [-0.2, -0.15) is 0 Å². The molecule has 0 N–H and O–H groups in total. The molecule has 0 amide bonds. The summed E-state index contributed by atoms with van der Waals surface area (Å²) in [5.74, 6) is 0.886. The third-order valence-electron chi connectivity index (χ3n) is 6.25. The zero-order valence-electron chi connectivity index (χ0n) is 14.2. The lowest BCUT2D eigenvalue weighted by atomic mass is 9.77. The summed E-state index contributed by atoms with van der Waals surface area (Å²) in [7, 11) is 0. The van der Waals surface area contributed by atoms with Crippen molar-refractivity contribution in [2.24, 2.45) is 11.3 Å². The first-order valence-corrected chi connectivity index (χ1v) is 10.2. The molecule has 1 aromatic rings. The van der Waals surface area contributed by atoms with Gasteiger partial charge in [0.1, 0.15) is 0 Å². The highest BCUT2D eigenvalue weighted by Gasteiger charge is 2.40. The van der Waals surface area contributed by atoms with Gasteiger partial charge in [-0.05, 0) is 74.5 Å². The summed E-state index contributed by atoms with van der Waals surface area (Å²) < 4.78 is 5.50. The van der Waals surface area contributed by atoms with Gasteiger partial charge in [-0.15, -0.1) is 11.3 Å². The Labute approximate surface area is 144 Å². The van der Waals surface area contributed by atoms with Crippen molar-refractivity contribution in [3.05, 3.63) is 22.4 Å². The third-order valence-corrected chi connectivity index (χ3v) is 7.11. The Morgan fingerprint density at radius 2 is 1.83 bits per heavy atom. The van der Waals surface area contributed by atoms with Crippen molar-refractivity contribution in [1.82, 2.24) is 9.80 Å². The van der Waals surface area contributed by atoms with Gasteiger partial charge in [-0.3, -0.25) is 4.90 Å². The van der Waals surface area contributed by atoms with Crippen molar-refractivity contribution in [1.29, 1.82) is 0 Å². The van der Waals surface area contributed by atoms with Crippen molar-refractivity contribution >= 4 is 11.3 Å². The summed E-state index contributed by atoms with van der Waals surface area (Å²) in [5.41, 5.74) is 0.628. The van der Waals surface area contributed by atoms with E-state index in [9.17, 15) is 0 Å². The first-order valence-electron chi connectivity index (χ1n) is 9.36. The van der Waals surface area contributed by atoms with E-state index in [0.717, 1.165) is 19.1 Å². The molecule has 4 heterocycles. The Morgan fingerprint density at radius 1 is 1.09 bits per heavy atom. The summed E-state index contributed by atoms with van der Waals surface area (Å²) >= 11 is 1.90. The molecular weight excluding hydrogens is 304 g/mol. The maximum Gasteiger partial charge on any atom is 0.0469 e. The number of rotatable bonds is 4. The van der Waals surface area contributed by atoms with Crippen LogP contribution >= 0.6 is 11.3 Å². The van der Waals surface area contributed by atoms with Crippen LogP contribution in [0.25, 0.3) is 0 Å². The minimum Gasteiger partial charge on any atom is -0.381 e. The minimum absolute atomic E-state index is 0.628. The van der Waals surface area contributed by atoms with Gasteiger partial charge < -0.3 is 9.64 Å². The zero-order valence-corrected chi connectivity index (χ0v) is 15.0. The molecule has 3 aliphatic rings. The number of nitrogens with zero attached hydrogens (tertiary/aromatic N) is 2. The minimum atomic E-state index is 0.628. The molecule has 23 heavy (non-hydrogen) atoms. The average Bonchev–Trinajstić information content (AvgIpc) is 3.22. The van der Waals surface area contributed by atoms with Crippen LogP contribution in [0.15, 0.2) is 17.5 Å². The maximum atomic E-state index is 5.50. The summed E-state index contributed by atoms with van der Waals surface area (Å²) in [6, 6.07) is 4.47. The molecule has 0 aromatic carbocycles. The second-order valence-electron chi connectivity index (χ2n) is 7.90. The predicted octanol–water partition coefficient (Wildman–Crippen LogP) is 3.46. The fourth-order valence-electron chi connectivity index (χ4n) is 4.70. The third kappa shape index (κ3) is 3.98. The van der Waals surface area contributed by atoms with Crippen LogP contribution in [0.2, 0.25) is 0 Å². The second-order valence-corrected chi connectivity index (χ2v) is 8.93. The van der Waals surface area contributed by atoms with E-state index < -0.39 is 0 Å². The van der Waals surface area contributed by atoms with Gasteiger partial charge in [0.25, 0.3) is 0 Å². The first kappa shape index (κ1) is 16.1. The smallest absolute Gasteiger partial charge is 0.0469 e. The van der Waals surface area contributed by atoms with Crippen LogP contribution in [-0.4, -0.2) is 55.7 Å². The fraction of sp³-hybridized carbons (Fsp3) is 0.789. The first-order chi connectivity index (χ1) is 11.3. The topological polar surface area (TPSA) is 15.7 Å². The lowest BCUT2D eigenvalue weighted by Gasteiger charge is -2.41. The summed E-state index contributed by atoms with van der Waals surface area (Å²) in [6.07, 6.45) is 6.80. The molecule has 3 saturated heterocycles. The van der Waals surface area contributed by atoms with E-state index in [-0.39, 0.29) is 0 Å². The highest BCUT2D eigenvalue weighted by atomic mass is 32.1. The molecule has 4 rings (SSSR count). The molecule has 0 atom stereocenters. The molecule has 0 bridgehead atoms. The molecule has 0 saturated carbocycles. The normalized spacial score (nSPS) is 27.0. The van der Waals surface area contributed by atoms with Gasteiger partial charge >= 0.3 is 0 Å². The summed E-state index contributed by atoms with van der Waals surface area (Å²) in [5, 5.41) is 2.20. The Balaban J connectivity index is 1.24. The van der Waals surface area contributed by atoms with Crippen LogP contribution in [0.3, 0.4) is 0 Å². The summed E-state index contributed by atoms with van der Waals surface area (Å²) in [6.45, 7) is 9.74. The Hall–Kier alpha value is -0.420. The highest BCUT2D eigenvalue weighted by molar-refractivity contribution is 7.09. The predicted molar refractivity (Wildman–Crippen MR) is 95.9 cm³/mol. The van der Waals surface area contributed by atoms with E-state index in [1.54, 1.807) is 0 Å². The van der Waals surface area contributed by atoms with E-state index in [2.05, 4.69) is 27.3 Å². The molecule has 0 unspecified atom stereocenters. The number of likely N-dealkylation sites (tertiary alicyclic amines) is 2. The second kappa shape index (κ2) is 7.22. The Bertz CT molecular complexity index is 476. The average molecular weight is 335 g/mol. The van der Waals surface area contributed by atoms with E-state index in [0.29, 0.717) is 5.41 Å². The lowest BCUT2D eigenvalue weighted by Crippen LogP contribution is -2.43. The molecule has 3 aliphatic heterocycles. The van der Waals surface area contributed by atoms with Gasteiger partial charge in [0.15, 0.2) is 0 Å². The molecule has 3 fully saturated rings. The van der Waals surface area contributed by atoms with Crippen LogP contribution in [0.1, 0.15) is 37.0 Å². The van der Waals surface area contributed by atoms with Crippen molar-refractivity contribution in [2.75, 3.05) is 45.9 Å². The van der Waals surface area contributed by atoms with Gasteiger partial charge in [0.2, 0.25) is 0 Å². The van der Waals surface area contributed by atoms with E-state index >= 15 is 0 Å². The zero-order chi connectivity index (χ0) is 15.5. The van der Waals surface area contributed by atoms with Crippen molar-refractivity contribution < 1.29 is 4.74 Å². The van der Waals surface area contributed by atoms with Gasteiger partial charge in [0, 0.05) is 37.7 Å². The van der Waals surface area contributed by atoms with Crippen LogP contribution < -0.4 is 0 Å². The van der Waals surface area contributed by atoms with Crippen LogP contribution in [0.5, 0.6) is 0 Å². The Morgan fingerprint density at radius 3 is 2.52 bits per heavy atom. The van der Waals surface area contributed by atoms with E-state index in [4.69, 9.17) is 4.74 Å². The van der Waals surface area contributed by atoms with E-state index in [1.807, 2.05) is 11.3 Å². The van der Waals surface area contributed by atoms with Gasteiger partial charge in [-0.1, -0.05) is 6.07 Å². The SMILES string of the molecule is c1csc(CN2CCC3(CCN(CC4CCOCC4)CC3)C2)c1. The quantitative estimate of drug-likeness (QED) is 0.839. The summed E-state index contributed by atoms with van der Waals surface area (Å²) in [4.78, 5) is 6.96. The van der Waals surface area contributed by atoms with Gasteiger partial charge in [0.05, 0.1) is 0 Å². The molecule has 1 aromatic heterocycles. The maximum absolute atomic E-state index is 5.50. The van der Waals surface area contributed by atoms with Crippen LogP contribution in [-0.2, 0) is 11.3 Å². The number of thiophene rings is 1. The molecule has 0 aliphatic carbocycles. The van der Waals surface area contributed by atoms with Crippen LogP contribution in [0.4, 0.5) is 0 Å². The molecule has 0 radical (unpaired) electrons. The monoisotopic (exact) mass is 334 g/mol. The number of hydrogen-bond donors (Lipinski definition) is 0. The molecule has 4 heteroatoms. The molecule has 1 spiro atoms. The van der Waals surface area contributed by atoms with Crippen molar-refractivity contribution in [3.63, 3.8) is 0 Å². The Kier molecular flexibility index (Phi) is 5.04. The molecule has 128 valence electrons. The number of ether oxygens (including phenoxy) is 1. The molecule has 3 nitrogen and oxygen atoms in total. The van der Waals surface area contributed by atoms with E-state index in [1.165, 1.54) is 76.2 Å². The molecular formula is C19H30N2OS. The lowest BCUT2D eigenvalue weighted by molar-refractivity contribution is 0.0375. The highest BCUT2D eigenvalue weighted by Crippen LogP contribution is 2.41. The van der Waals surface area contributed by atoms with Gasteiger partial charge in [-0.25, -0.2) is 0 Å². The van der Waals surface area contributed by atoms with Crippen molar-refractivity contribution in [3.8, 4) is 0 Å². The van der Waals surface area contributed by atoms with Crippen LogP contribution in [0, 0.1) is 11.3 Å². The largest absolute Gasteiger partial charge is 0.381 e. The number of hydrogen-bond acceptors (Lipinski definition) is 4. The standard InChI is InChI=1S/C19H30N2OS/c1-2-18(23-13-1)15-21-10-7-19(16-21)5-8-20(9-6-19)14-17-3-11-22-12-4-17/h1-2,13,17H,3-12,14-16H2. The van der Waals surface area contributed by atoms with Crippen molar-refractivity contribution in [2.45, 2.75) is 38.6 Å². The fourth-order valence-corrected chi connectivity index (χ4v) is 5.44. The number of piperidine rings is 1.